The van der Waals surface area contributed by atoms with Crippen molar-refractivity contribution in [2.75, 3.05) is 17.1 Å². The molecular formula is C9H9ClN4O2S2. The standard InChI is InChI=1S/C9H9ClN4O2S2/c1-11-7-5-13-8(4-6(7)10)18(15,16)14-9-12-2-3-17-9/h2-5,11H,1H3,(H,12,14). The Kier molecular flexibility index (Phi) is 3.69. The number of nitrogens with zero attached hydrogens (tertiary/aromatic N) is 2. The summed E-state index contributed by atoms with van der Waals surface area (Å²) in [5, 5.41) is 4.88. The van der Waals surface area contributed by atoms with Gasteiger partial charge in [-0.25, -0.2) is 9.97 Å². The zero-order valence-electron chi connectivity index (χ0n) is 9.21. The molecule has 2 rings (SSSR count). The summed E-state index contributed by atoms with van der Waals surface area (Å²) in [4.78, 5) is 7.68. The third-order valence-corrected chi connectivity index (χ3v) is 4.39. The number of anilines is 2. The molecule has 9 heteroatoms. The van der Waals surface area contributed by atoms with Gasteiger partial charge in [0, 0.05) is 18.6 Å². The summed E-state index contributed by atoms with van der Waals surface area (Å²) in [6.07, 6.45) is 2.87. The molecule has 6 nitrogen and oxygen atoms in total. The van der Waals surface area contributed by atoms with Crippen LogP contribution in [-0.2, 0) is 10.0 Å². The van der Waals surface area contributed by atoms with Crippen LogP contribution in [0.15, 0.2) is 28.9 Å². The number of sulfonamides is 1. The molecule has 0 unspecified atom stereocenters. The zero-order chi connectivity index (χ0) is 13.2. The van der Waals surface area contributed by atoms with Gasteiger partial charge in [-0.05, 0) is 6.07 Å². The molecule has 0 aliphatic heterocycles. The van der Waals surface area contributed by atoms with Crippen molar-refractivity contribution in [1.29, 1.82) is 0 Å². The Morgan fingerprint density at radius 2 is 2.17 bits per heavy atom. The maximum atomic E-state index is 12.0. The van der Waals surface area contributed by atoms with Gasteiger partial charge in [-0.15, -0.1) is 11.3 Å². The molecule has 2 N–H and O–H groups in total. The summed E-state index contributed by atoms with van der Waals surface area (Å²) in [6.45, 7) is 0. The molecule has 0 saturated heterocycles. The molecule has 0 fully saturated rings. The fraction of sp³-hybridized carbons (Fsp3) is 0.111. The molecule has 2 aromatic rings. The topological polar surface area (TPSA) is 84.0 Å². The van der Waals surface area contributed by atoms with E-state index in [1.165, 1.54) is 29.8 Å². The number of pyridine rings is 1. The molecule has 0 saturated carbocycles. The number of rotatable bonds is 4. The minimum absolute atomic E-state index is 0.151. The lowest BCUT2D eigenvalue weighted by Gasteiger charge is -2.07. The Balaban J connectivity index is 2.33. The van der Waals surface area contributed by atoms with Gasteiger partial charge in [0.25, 0.3) is 10.0 Å². The van der Waals surface area contributed by atoms with Crippen LogP contribution in [0.25, 0.3) is 0 Å². The Labute approximate surface area is 113 Å². The number of halogens is 1. The summed E-state index contributed by atoms with van der Waals surface area (Å²) in [5.41, 5.74) is 0.560. The van der Waals surface area contributed by atoms with Gasteiger partial charge in [0.2, 0.25) is 0 Å². The van der Waals surface area contributed by atoms with Crippen LogP contribution in [-0.4, -0.2) is 25.4 Å². The van der Waals surface area contributed by atoms with Crippen molar-refractivity contribution in [3.05, 3.63) is 28.9 Å². The van der Waals surface area contributed by atoms with E-state index in [2.05, 4.69) is 20.0 Å². The Hall–Kier alpha value is -1.38. The van der Waals surface area contributed by atoms with Crippen molar-refractivity contribution < 1.29 is 8.42 Å². The highest BCUT2D eigenvalue weighted by molar-refractivity contribution is 7.92. The summed E-state index contributed by atoms with van der Waals surface area (Å²) in [5.74, 6) is 0. The lowest BCUT2D eigenvalue weighted by Crippen LogP contribution is -2.14. The van der Waals surface area contributed by atoms with E-state index in [4.69, 9.17) is 11.6 Å². The fourth-order valence-corrected chi connectivity index (χ4v) is 3.24. The lowest BCUT2D eigenvalue weighted by molar-refractivity contribution is 0.597. The van der Waals surface area contributed by atoms with Gasteiger partial charge in [0.15, 0.2) is 10.2 Å². The smallest absolute Gasteiger partial charge is 0.281 e. The first-order valence-electron chi connectivity index (χ1n) is 4.78. The second-order valence-electron chi connectivity index (χ2n) is 3.20. The predicted molar refractivity (Wildman–Crippen MR) is 71.7 cm³/mol. The van der Waals surface area contributed by atoms with E-state index in [1.54, 1.807) is 12.4 Å². The second-order valence-corrected chi connectivity index (χ2v) is 6.13. The van der Waals surface area contributed by atoms with Crippen molar-refractivity contribution in [3.8, 4) is 0 Å². The van der Waals surface area contributed by atoms with E-state index in [0.717, 1.165) is 0 Å². The van der Waals surface area contributed by atoms with Crippen LogP contribution in [0, 0.1) is 0 Å². The normalized spacial score (nSPS) is 11.2. The first kappa shape index (κ1) is 13.1. The monoisotopic (exact) mass is 304 g/mol. The highest BCUT2D eigenvalue weighted by Gasteiger charge is 2.18. The summed E-state index contributed by atoms with van der Waals surface area (Å²) >= 11 is 7.09. The highest BCUT2D eigenvalue weighted by Crippen LogP contribution is 2.24. The maximum absolute atomic E-state index is 12.0. The Morgan fingerprint density at radius 3 is 2.72 bits per heavy atom. The number of thiazole rings is 1. The van der Waals surface area contributed by atoms with Gasteiger partial charge in [-0.3, -0.25) is 4.72 Å². The molecule has 18 heavy (non-hydrogen) atoms. The number of aromatic nitrogens is 2. The number of hydrogen-bond donors (Lipinski definition) is 2. The van der Waals surface area contributed by atoms with Crippen molar-refractivity contribution in [1.82, 2.24) is 9.97 Å². The minimum atomic E-state index is -3.76. The molecule has 96 valence electrons. The molecule has 0 aliphatic carbocycles. The summed E-state index contributed by atoms with van der Waals surface area (Å²) < 4.78 is 26.2. The fourth-order valence-electron chi connectivity index (χ4n) is 1.19. The molecule has 0 aliphatic rings. The quantitative estimate of drug-likeness (QED) is 0.903. The van der Waals surface area contributed by atoms with Crippen LogP contribution >= 0.6 is 22.9 Å². The average molecular weight is 305 g/mol. The third kappa shape index (κ3) is 2.71. The van der Waals surface area contributed by atoms with Crippen molar-refractivity contribution in [3.63, 3.8) is 0 Å². The van der Waals surface area contributed by atoms with Gasteiger partial charge in [0.05, 0.1) is 16.9 Å². The zero-order valence-corrected chi connectivity index (χ0v) is 11.6. The van der Waals surface area contributed by atoms with Crippen molar-refractivity contribution in [2.24, 2.45) is 0 Å². The summed E-state index contributed by atoms with van der Waals surface area (Å²) in [7, 11) is -2.08. The highest BCUT2D eigenvalue weighted by atomic mass is 35.5. The Morgan fingerprint density at radius 1 is 1.39 bits per heavy atom. The number of nitrogens with one attached hydrogen (secondary N) is 2. The molecular weight excluding hydrogens is 296 g/mol. The molecule has 0 radical (unpaired) electrons. The lowest BCUT2D eigenvalue weighted by atomic mass is 10.4. The van der Waals surface area contributed by atoms with Gasteiger partial charge >= 0.3 is 0 Å². The van der Waals surface area contributed by atoms with Crippen LogP contribution in [0.2, 0.25) is 5.02 Å². The number of hydrogen-bond acceptors (Lipinski definition) is 6. The van der Waals surface area contributed by atoms with Crippen molar-refractivity contribution >= 4 is 43.8 Å². The molecule has 0 spiro atoms. The largest absolute Gasteiger partial charge is 0.386 e. The average Bonchev–Trinajstić information content (AvgIpc) is 2.81. The molecule has 0 bridgehead atoms. The van der Waals surface area contributed by atoms with Crippen LogP contribution < -0.4 is 10.0 Å². The van der Waals surface area contributed by atoms with Gasteiger partial charge in [-0.1, -0.05) is 11.6 Å². The van der Waals surface area contributed by atoms with Gasteiger partial charge < -0.3 is 5.32 Å². The first-order chi connectivity index (χ1) is 8.53. The van der Waals surface area contributed by atoms with E-state index in [0.29, 0.717) is 5.69 Å². The third-order valence-electron chi connectivity index (χ3n) is 2.03. The van der Waals surface area contributed by atoms with E-state index in [9.17, 15) is 8.42 Å². The predicted octanol–water partition coefficient (Wildman–Crippen LogP) is 2.03. The summed E-state index contributed by atoms with van der Waals surface area (Å²) in [6, 6.07) is 1.28. The maximum Gasteiger partial charge on any atom is 0.281 e. The van der Waals surface area contributed by atoms with E-state index >= 15 is 0 Å². The van der Waals surface area contributed by atoms with Crippen LogP contribution in [0.4, 0.5) is 10.8 Å². The molecule has 0 aromatic carbocycles. The first-order valence-corrected chi connectivity index (χ1v) is 7.52. The minimum Gasteiger partial charge on any atom is -0.386 e. The molecule has 2 aromatic heterocycles. The van der Waals surface area contributed by atoms with Crippen molar-refractivity contribution in [2.45, 2.75) is 5.03 Å². The van der Waals surface area contributed by atoms with E-state index in [1.807, 2.05) is 0 Å². The molecule has 2 heterocycles. The Bertz CT molecular complexity index is 643. The van der Waals surface area contributed by atoms with Gasteiger partial charge in [-0.2, -0.15) is 8.42 Å². The van der Waals surface area contributed by atoms with Crippen LogP contribution in [0.1, 0.15) is 0 Å². The van der Waals surface area contributed by atoms with Gasteiger partial charge in [0.1, 0.15) is 0 Å². The van der Waals surface area contributed by atoms with E-state index < -0.39 is 10.0 Å². The molecule has 0 atom stereocenters. The van der Waals surface area contributed by atoms with E-state index in [-0.39, 0.29) is 15.2 Å². The van der Waals surface area contributed by atoms with Crippen LogP contribution in [0.3, 0.4) is 0 Å². The van der Waals surface area contributed by atoms with Crippen LogP contribution in [0.5, 0.6) is 0 Å². The molecule has 0 amide bonds. The SMILES string of the molecule is CNc1cnc(S(=O)(=O)Nc2nccs2)cc1Cl. The second kappa shape index (κ2) is 5.09.